The molecule has 88 valence electrons. The van der Waals surface area contributed by atoms with E-state index < -0.39 is 17.8 Å². The maximum Gasteiger partial charge on any atom is 0.303 e. The Morgan fingerprint density at radius 1 is 1.19 bits per heavy atom. The van der Waals surface area contributed by atoms with Crippen LogP contribution in [0, 0.1) is 0 Å². The molecule has 1 heterocycles. The lowest BCUT2D eigenvalue weighted by molar-refractivity contribution is -0.145. The SMILES string of the molecule is O=C(O)CCCC(=O)N1CC(=O)NC(=O)C1. The van der Waals surface area contributed by atoms with Crippen LogP contribution in [0.4, 0.5) is 0 Å². The summed E-state index contributed by atoms with van der Waals surface area (Å²) in [5, 5.41) is 10.5. The Morgan fingerprint density at radius 2 is 1.75 bits per heavy atom. The van der Waals surface area contributed by atoms with Gasteiger partial charge in [-0.2, -0.15) is 0 Å². The van der Waals surface area contributed by atoms with Gasteiger partial charge in [0.1, 0.15) is 13.1 Å². The van der Waals surface area contributed by atoms with Gasteiger partial charge in [-0.3, -0.25) is 24.5 Å². The van der Waals surface area contributed by atoms with E-state index in [9.17, 15) is 19.2 Å². The zero-order valence-electron chi connectivity index (χ0n) is 8.56. The highest BCUT2D eigenvalue weighted by Gasteiger charge is 2.25. The van der Waals surface area contributed by atoms with E-state index in [1.165, 1.54) is 0 Å². The van der Waals surface area contributed by atoms with Crippen molar-refractivity contribution in [3.8, 4) is 0 Å². The van der Waals surface area contributed by atoms with Gasteiger partial charge in [0.15, 0.2) is 0 Å². The molecule has 0 aliphatic carbocycles. The number of piperazine rings is 1. The van der Waals surface area contributed by atoms with Crippen LogP contribution in [0.15, 0.2) is 0 Å². The van der Waals surface area contributed by atoms with Gasteiger partial charge in [0.2, 0.25) is 17.7 Å². The number of carboxylic acids is 1. The molecule has 1 fully saturated rings. The van der Waals surface area contributed by atoms with Crippen LogP contribution >= 0.6 is 0 Å². The van der Waals surface area contributed by atoms with Crippen LogP contribution in [-0.4, -0.2) is 46.8 Å². The smallest absolute Gasteiger partial charge is 0.303 e. The number of hydrogen-bond acceptors (Lipinski definition) is 4. The molecule has 2 N–H and O–H groups in total. The summed E-state index contributed by atoms with van der Waals surface area (Å²) in [6.07, 6.45) is 0.146. The molecule has 1 saturated heterocycles. The molecule has 0 spiro atoms. The number of carbonyl (C=O) groups is 4. The Bertz CT molecular complexity index is 323. The summed E-state index contributed by atoms with van der Waals surface area (Å²) in [4.78, 5) is 44.7. The lowest BCUT2D eigenvalue weighted by Crippen LogP contribution is -2.53. The van der Waals surface area contributed by atoms with Crippen molar-refractivity contribution in [2.45, 2.75) is 19.3 Å². The van der Waals surface area contributed by atoms with Crippen LogP contribution < -0.4 is 5.32 Å². The lowest BCUT2D eigenvalue weighted by atomic mass is 10.2. The molecule has 3 amide bonds. The van der Waals surface area contributed by atoms with Crippen LogP contribution in [0.25, 0.3) is 0 Å². The second kappa shape index (κ2) is 5.24. The highest BCUT2D eigenvalue weighted by Crippen LogP contribution is 2.03. The Kier molecular flexibility index (Phi) is 3.98. The van der Waals surface area contributed by atoms with Gasteiger partial charge in [0.05, 0.1) is 0 Å². The predicted molar refractivity (Wildman–Crippen MR) is 51.2 cm³/mol. The zero-order chi connectivity index (χ0) is 12.1. The first-order valence-electron chi connectivity index (χ1n) is 4.81. The van der Waals surface area contributed by atoms with Crippen LogP contribution in [0.1, 0.15) is 19.3 Å². The third-order valence-electron chi connectivity index (χ3n) is 2.08. The van der Waals surface area contributed by atoms with E-state index in [0.717, 1.165) is 4.90 Å². The summed E-state index contributed by atoms with van der Waals surface area (Å²) in [6, 6.07) is 0. The molecule has 16 heavy (non-hydrogen) atoms. The molecule has 0 saturated carbocycles. The van der Waals surface area contributed by atoms with Crippen molar-refractivity contribution < 1.29 is 24.3 Å². The summed E-state index contributed by atoms with van der Waals surface area (Å²) in [5.74, 6) is -2.37. The van der Waals surface area contributed by atoms with Gasteiger partial charge in [0.25, 0.3) is 0 Å². The van der Waals surface area contributed by atoms with Gasteiger partial charge in [-0.05, 0) is 6.42 Å². The van der Waals surface area contributed by atoms with E-state index in [-0.39, 0.29) is 38.3 Å². The van der Waals surface area contributed by atoms with Gasteiger partial charge < -0.3 is 10.0 Å². The van der Waals surface area contributed by atoms with Crippen molar-refractivity contribution in [3.05, 3.63) is 0 Å². The standard InChI is InChI=1S/C9H12N2O5/c12-6-4-11(5-7(13)10-6)8(14)2-1-3-9(15)16/h1-5H2,(H,15,16)(H,10,12,13). The molecule has 0 bridgehead atoms. The number of hydrogen-bond donors (Lipinski definition) is 2. The Balaban J connectivity index is 2.38. The lowest BCUT2D eigenvalue weighted by Gasteiger charge is -2.25. The molecule has 0 aromatic heterocycles. The summed E-state index contributed by atoms with van der Waals surface area (Å²) >= 11 is 0. The maximum absolute atomic E-state index is 11.5. The number of imide groups is 1. The average Bonchev–Trinajstić information content (AvgIpc) is 2.15. The minimum atomic E-state index is -0.972. The van der Waals surface area contributed by atoms with Crippen molar-refractivity contribution in [1.82, 2.24) is 10.2 Å². The fourth-order valence-corrected chi connectivity index (χ4v) is 1.36. The second-order valence-corrected chi connectivity index (χ2v) is 3.47. The molecule has 1 rings (SSSR count). The molecule has 7 nitrogen and oxygen atoms in total. The highest BCUT2D eigenvalue weighted by molar-refractivity contribution is 6.02. The maximum atomic E-state index is 11.5. The number of carboxylic acid groups (broad SMARTS) is 1. The number of amides is 3. The summed E-state index contributed by atoms with van der Waals surface area (Å²) in [7, 11) is 0. The van der Waals surface area contributed by atoms with Crippen molar-refractivity contribution in [3.63, 3.8) is 0 Å². The van der Waals surface area contributed by atoms with Gasteiger partial charge >= 0.3 is 5.97 Å². The molecule has 0 atom stereocenters. The third kappa shape index (κ3) is 3.68. The average molecular weight is 228 g/mol. The van der Waals surface area contributed by atoms with E-state index in [2.05, 4.69) is 5.32 Å². The molecular weight excluding hydrogens is 216 g/mol. The minimum Gasteiger partial charge on any atom is -0.481 e. The van der Waals surface area contributed by atoms with Gasteiger partial charge in [-0.1, -0.05) is 0 Å². The quantitative estimate of drug-likeness (QED) is 0.583. The fraction of sp³-hybridized carbons (Fsp3) is 0.556. The normalized spacial score (nSPS) is 15.9. The van der Waals surface area contributed by atoms with Crippen molar-refractivity contribution >= 4 is 23.7 Å². The second-order valence-electron chi connectivity index (χ2n) is 3.47. The molecule has 0 radical (unpaired) electrons. The summed E-state index contributed by atoms with van der Waals surface area (Å²) in [6.45, 7) is -0.282. The van der Waals surface area contributed by atoms with Gasteiger partial charge in [-0.25, -0.2) is 0 Å². The van der Waals surface area contributed by atoms with E-state index in [0.29, 0.717) is 0 Å². The molecule has 0 unspecified atom stereocenters. The Morgan fingerprint density at radius 3 is 2.25 bits per heavy atom. The number of rotatable bonds is 4. The van der Waals surface area contributed by atoms with Gasteiger partial charge in [-0.15, -0.1) is 0 Å². The van der Waals surface area contributed by atoms with E-state index >= 15 is 0 Å². The summed E-state index contributed by atoms with van der Waals surface area (Å²) < 4.78 is 0. The molecule has 0 aromatic rings. The van der Waals surface area contributed by atoms with Crippen molar-refractivity contribution in [2.75, 3.05) is 13.1 Å². The third-order valence-corrected chi connectivity index (χ3v) is 2.08. The van der Waals surface area contributed by atoms with Gasteiger partial charge in [0, 0.05) is 12.8 Å². The zero-order valence-corrected chi connectivity index (χ0v) is 8.56. The Labute approximate surface area is 91.4 Å². The molecule has 1 aliphatic heterocycles. The minimum absolute atomic E-state index is 0.0346. The number of nitrogens with one attached hydrogen (secondary N) is 1. The Hall–Kier alpha value is -1.92. The van der Waals surface area contributed by atoms with Crippen LogP contribution in [0.3, 0.4) is 0 Å². The van der Waals surface area contributed by atoms with Crippen molar-refractivity contribution in [2.24, 2.45) is 0 Å². The largest absolute Gasteiger partial charge is 0.481 e. The molecular formula is C9H12N2O5. The van der Waals surface area contributed by atoms with Crippen LogP contribution in [0.5, 0.6) is 0 Å². The first-order valence-corrected chi connectivity index (χ1v) is 4.81. The van der Waals surface area contributed by atoms with Crippen molar-refractivity contribution in [1.29, 1.82) is 0 Å². The van der Waals surface area contributed by atoms with E-state index in [1.54, 1.807) is 0 Å². The predicted octanol–water partition coefficient (Wildman–Crippen LogP) is -1.27. The molecule has 7 heteroatoms. The topological polar surface area (TPSA) is 104 Å². The first-order chi connectivity index (χ1) is 7.49. The molecule has 1 aliphatic rings. The number of aliphatic carboxylic acids is 1. The number of carbonyl (C=O) groups excluding carboxylic acids is 3. The number of nitrogens with zero attached hydrogens (tertiary/aromatic N) is 1. The molecule has 0 aromatic carbocycles. The monoisotopic (exact) mass is 228 g/mol. The van der Waals surface area contributed by atoms with Crippen LogP contribution in [0.2, 0.25) is 0 Å². The first kappa shape index (κ1) is 12.2. The van der Waals surface area contributed by atoms with E-state index in [4.69, 9.17) is 5.11 Å². The summed E-state index contributed by atoms with van der Waals surface area (Å²) in [5.41, 5.74) is 0. The van der Waals surface area contributed by atoms with E-state index in [1.807, 2.05) is 0 Å². The highest BCUT2D eigenvalue weighted by atomic mass is 16.4. The fourth-order valence-electron chi connectivity index (χ4n) is 1.36. The van der Waals surface area contributed by atoms with Crippen LogP contribution in [-0.2, 0) is 19.2 Å².